The largest absolute Gasteiger partial charge is 0.497 e. The normalized spacial score (nSPS) is 16.3. The Morgan fingerprint density at radius 2 is 1.89 bits per heavy atom. The molecule has 1 N–H and O–H groups in total. The van der Waals surface area contributed by atoms with E-state index < -0.39 is 0 Å². The van der Waals surface area contributed by atoms with Crippen molar-refractivity contribution in [3.8, 4) is 5.75 Å². The van der Waals surface area contributed by atoms with Crippen LogP contribution in [0.2, 0.25) is 0 Å². The summed E-state index contributed by atoms with van der Waals surface area (Å²) < 4.78 is 5.13. The lowest BCUT2D eigenvalue weighted by Gasteiger charge is -2.26. The van der Waals surface area contributed by atoms with Gasteiger partial charge in [-0.1, -0.05) is 18.6 Å². The van der Waals surface area contributed by atoms with Gasteiger partial charge in [0.25, 0.3) is 0 Å². The SMILES string of the molecule is COc1ccc(NC(=S)CN2CCCCC2)cc1. The molecule has 0 spiro atoms. The molecule has 1 aromatic rings. The van der Waals surface area contributed by atoms with E-state index in [1.54, 1.807) is 7.11 Å². The quantitative estimate of drug-likeness (QED) is 0.845. The number of rotatable bonds is 4. The average Bonchev–Trinajstić information content (AvgIpc) is 2.40. The molecule has 98 valence electrons. The highest BCUT2D eigenvalue weighted by molar-refractivity contribution is 7.80. The number of methoxy groups -OCH3 is 1. The highest BCUT2D eigenvalue weighted by Gasteiger charge is 2.11. The third kappa shape index (κ3) is 3.96. The fourth-order valence-electron chi connectivity index (χ4n) is 2.20. The van der Waals surface area contributed by atoms with Gasteiger partial charge in [-0.15, -0.1) is 0 Å². The van der Waals surface area contributed by atoms with Gasteiger partial charge in [-0.3, -0.25) is 4.90 Å². The molecule has 1 aliphatic heterocycles. The van der Waals surface area contributed by atoms with E-state index in [-0.39, 0.29) is 0 Å². The number of likely N-dealkylation sites (tertiary alicyclic amines) is 1. The predicted octanol–water partition coefficient (Wildman–Crippen LogP) is 2.92. The maximum atomic E-state index is 5.39. The van der Waals surface area contributed by atoms with Crippen LogP contribution < -0.4 is 10.1 Å². The Hall–Kier alpha value is -1.13. The maximum absolute atomic E-state index is 5.39. The third-order valence-electron chi connectivity index (χ3n) is 3.19. The van der Waals surface area contributed by atoms with E-state index in [1.807, 2.05) is 24.3 Å². The van der Waals surface area contributed by atoms with Gasteiger partial charge in [0.1, 0.15) is 5.75 Å². The van der Waals surface area contributed by atoms with Gasteiger partial charge < -0.3 is 10.1 Å². The molecule has 1 fully saturated rings. The minimum Gasteiger partial charge on any atom is -0.497 e. The molecule has 0 aromatic heterocycles. The van der Waals surface area contributed by atoms with Crippen LogP contribution in [0.15, 0.2) is 24.3 Å². The van der Waals surface area contributed by atoms with Crippen LogP contribution in [0.25, 0.3) is 0 Å². The monoisotopic (exact) mass is 264 g/mol. The van der Waals surface area contributed by atoms with Gasteiger partial charge in [0.2, 0.25) is 0 Å². The molecule has 3 nitrogen and oxygen atoms in total. The zero-order chi connectivity index (χ0) is 12.8. The van der Waals surface area contributed by atoms with E-state index in [4.69, 9.17) is 17.0 Å². The second-order valence-electron chi connectivity index (χ2n) is 4.61. The average molecular weight is 264 g/mol. The van der Waals surface area contributed by atoms with E-state index >= 15 is 0 Å². The molecule has 1 heterocycles. The van der Waals surface area contributed by atoms with Crippen LogP contribution in [0.4, 0.5) is 5.69 Å². The van der Waals surface area contributed by atoms with Crippen molar-refractivity contribution in [3.63, 3.8) is 0 Å². The first-order valence-electron chi connectivity index (χ1n) is 6.44. The number of hydrogen-bond donors (Lipinski definition) is 1. The highest BCUT2D eigenvalue weighted by Crippen LogP contribution is 2.15. The molecule has 1 aromatic carbocycles. The highest BCUT2D eigenvalue weighted by atomic mass is 32.1. The lowest BCUT2D eigenvalue weighted by Crippen LogP contribution is -2.36. The second kappa shape index (κ2) is 6.71. The Balaban J connectivity index is 1.82. The molecule has 2 rings (SSSR count). The Morgan fingerprint density at radius 1 is 1.22 bits per heavy atom. The summed E-state index contributed by atoms with van der Waals surface area (Å²) in [6, 6.07) is 7.85. The Bertz CT molecular complexity index is 385. The molecule has 0 atom stereocenters. The maximum Gasteiger partial charge on any atom is 0.119 e. The van der Waals surface area contributed by atoms with Crippen LogP contribution in [0, 0.1) is 0 Å². The van der Waals surface area contributed by atoms with Gasteiger partial charge >= 0.3 is 0 Å². The van der Waals surface area contributed by atoms with Gasteiger partial charge in [-0.25, -0.2) is 0 Å². The van der Waals surface area contributed by atoms with Crippen molar-refractivity contribution in [1.82, 2.24) is 4.90 Å². The standard InChI is InChI=1S/C14H20N2OS/c1-17-13-7-5-12(6-8-13)15-14(18)11-16-9-3-2-4-10-16/h5-8H,2-4,9-11H2,1H3,(H,15,18). The zero-order valence-electron chi connectivity index (χ0n) is 10.8. The number of ether oxygens (including phenoxy) is 1. The van der Waals surface area contributed by atoms with E-state index in [2.05, 4.69) is 10.2 Å². The molecule has 0 amide bonds. The van der Waals surface area contributed by atoms with Crippen molar-refractivity contribution < 1.29 is 4.74 Å². The summed E-state index contributed by atoms with van der Waals surface area (Å²) in [4.78, 5) is 3.31. The van der Waals surface area contributed by atoms with Crippen LogP contribution in [-0.2, 0) is 0 Å². The van der Waals surface area contributed by atoms with Gasteiger partial charge in [-0.2, -0.15) is 0 Å². The molecule has 18 heavy (non-hydrogen) atoms. The summed E-state index contributed by atoms with van der Waals surface area (Å²) in [6.45, 7) is 3.20. The molecule has 0 aliphatic carbocycles. The zero-order valence-corrected chi connectivity index (χ0v) is 11.6. The Kier molecular flexibility index (Phi) is 4.96. The topological polar surface area (TPSA) is 24.5 Å². The number of nitrogens with zero attached hydrogens (tertiary/aromatic N) is 1. The number of hydrogen-bond acceptors (Lipinski definition) is 3. The van der Waals surface area contributed by atoms with Gasteiger partial charge in [0.15, 0.2) is 0 Å². The van der Waals surface area contributed by atoms with E-state index in [0.29, 0.717) is 0 Å². The second-order valence-corrected chi connectivity index (χ2v) is 5.11. The van der Waals surface area contributed by atoms with E-state index in [1.165, 1.54) is 32.4 Å². The van der Waals surface area contributed by atoms with Gasteiger partial charge in [-0.05, 0) is 50.2 Å². The molecule has 1 saturated heterocycles. The number of thiocarbonyl (C=S) groups is 1. The Labute approximate surface area is 114 Å². The fraction of sp³-hybridized carbons (Fsp3) is 0.500. The molecule has 0 unspecified atom stereocenters. The van der Waals surface area contributed by atoms with Crippen molar-refractivity contribution in [3.05, 3.63) is 24.3 Å². The molecule has 1 aliphatic rings. The van der Waals surface area contributed by atoms with Crippen LogP contribution in [0.3, 0.4) is 0 Å². The van der Waals surface area contributed by atoms with Crippen molar-refractivity contribution in [2.24, 2.45) is 0 Å². The van der Waals surface area contributed by atoms with Gasteiger partial charge in [0, 0.05) is 12.2 Å². The van der Waals surface area contributed by atoms with Crippen molar-refractivity contribution in [2.45, 2.75) is 19.3 Å². The number of benzene rings is 1. The lowest BCUT2D eigenvalue weighted by molar-refractivity contribution is 0.259. The molecular formula is C14H20N2OS. The number of piperidine rings is 1. The van der Waals surface area contributed by atoms with Crippen molar-refractivity contribution >= 4 is 22.9 Å². The van der Waals surface area contributed by atoms with Crippen LogP contribution in [0.1, 0.15) is 19.3 Å². The summed E-state index contributed by atoms with van der Waals surface area (Å²) in [7, 11) is 1.67. The van der Waals surface area contributed by atoms with Crippen LogP contribution >= 0.6 is 12.2 Å². The number of anilines is 1. The molecule has 0 saturated carbocycles. The smallest absolute Gasteiger partial charge is 0.119 e. The van der Waals surface area contributed by atoms with Gasteiger partial charge in [0.05, 0.1) is 12.1 Å². The molecule has 4 heteroatoms. The van der Waals surface area contributed by atoms with E-state index in [0.717, 1.165) is 23.0 Å². The summed E-state index contributed by atoms with van der Waals surface area (Å²) in [5, 5.41) is 3.27. The molecule has 0 radical (unpaired) electrons. The predicted molar refractivity (Wildman–Crippen MR) is 79.5 cm³/mol. The fourth-order valence-corrected chi connectivity index (χ4v) is 2.50. The summed E-state index contributed by atoms with van der Waals surface area (Å²) >= 11 is 5.39. The Morgan fingerprint density at radius 3 is 2.50 bits per heavy atom. The van der Waals surface area contributed by atoms with Crippen molar-refractivity contribution in [1.29, 1.82) is 0 Å². The minimum absolute atomic E-state index is 0.862. The van der Waals surface area contributed by atoms with Crippen molar-refractivity contribution in [2.75, 3.05) is 32.1 Å². The summed E-state index contributed by atoms with van der Waals surface area (Å²) in [6.07, 6.45) is 3.95. The minimum atomic E-state index is 0.862. The first-order valence-corrected chi connectivity index (χ1v) is 6.85. The lowest BCUT2D eigenvalue weighted by atomic mass is 10.1. The number of nitrogens with one attached hydrogen (secondary N) is 1. The third-order valence-corrected chi connectivity index (χ3v) is 3.42. The summed E-state index contributed by atoms with van der Waals surface area (Å²) in [5.41, 5.74) is 1.03. The first-order chi connectivity index (χ1) is 8.78. The first kappa shape index (κ1) is 13.3. The van der Waals surface area contributed by atoms with Crippen LogP contribution in [-0.4, -0.2) is 36.6 Å². The van der Waals surface area contributed by atoms with Crippen LogP contribution in [0.5, 0.6) is 5.75 Å². The molecular weight excluding hydrogens is 244 g/mol. The molecule has 0 bridgehead atoms. The van der Waals surface area contributed by atoms with E-state index in [9.17, 15) is 0 Å². The summed E-state index contributed by atoms with van der Waals surface area (Å²) in [5.74, 6) is 0.863.